The van der Waals surface area contributed by atoms with Crippen LogP contribution in [0.4, 0.5) is 0 Å². The second-order valence-electron chi connectivity index (χ2n) is 6.59. The highest BCUT2D eigenvalue weighted by Gasteiger charge is 2.60. The summed E-state index contributed by atoms with van der Waals surface area (Å²) in [4.78, 5) is 17.8. The summed E-state index contributed by atoms with van der Waals surface area (Å²) in [6.45, 7) is 10.5. The maximum Gasteiger partial charge on any atom is 0.160 e. The van der Waals surface area contributed by atoms with Crippen LogP contribution in [-0.2, 0) is 4.79 Å². The standard InChI is InChI=1S/C13H21BrN2O/c1-10(2)5-12-6-15-3-4-16(7-12)9-13(14,8-15)11(12)17/h10H,3-9H2,1-2H3. The van der Waals surface area contributed by atoms with Crippen molar-refractivity contribution in [3.05, 3.63) is 0 Å². The zero-order valence-corrected chi connectivity index (χ0v) is 12.3. The van der Waals surface area contributed by atoms with Gasteiger partial charge in [0, 0.05) is 39.3 Å². The Labute approximate surface area is 112 Å². The van der Waals surface area contributed by atoms with Crippen LogP contribution in [0.1, 0.15) is 20.3 Å². The highest BCUT2D eigenvalue weighted by molar-refractivity contribution is 9.10. The summed E-state index contributed by atoms with van der Waals surface area (Å²) < 4.78 is -0.283. The molecule has 3 nitrogen and oxygen atoms in total. The van der Waals surface area contributed by atoms with E-state index in [1.165, 1.54) is 0 Å². The number of carbonyl (C=O) groups excluding carboxylic acids is 1. The lowest BCUT2D eigenvalue weighted by molar-refractivity contribution is -0.142. The number of alkyl halides is 1. The Morgan fingerprint density at radius 2 is 1.71 bits per heavy atom. The molecular weight excluding hydrogens is 280 g/mol. The van der Waals surface area contributed by atoms with Crippen LogP contribution >= 0.6 is 15.9 Å². The molecule has 4 heteroatoms. The van der Waals surface area contributed by atoms with Gasteiger partial charge in [0.25, 0.3) is 0 Å². The van der Waals surface area contributed by atoms with Gasteiger partial charge >= 0.3 is 0 Å². The van der Waals surface area contributed by atoms with Gasteiger partial charge in [-0.15, -0.1) is 0 Å². The van der Waals surface area contributed by atoms with E-state index in [2.05, 4.69) is 39.6 Å². The molecule has 0 aromatic heterocycles. The van der Waals surface area contributed by atoms with E-state index in [4.69, 9.17) is 0 Å². The molecule has 2 atom stereocenters. The van der Waals surface area contributed by atoms with Crippen LogP contribution in [-0.4, -0.2) is 59.2 Å². The molecule has 4 fully saturated rings. The number of ketones is 1. The predicted octanol–water partition coefficient (Wildman–Crippen LogP) is 1.37. The number of halogens is 1. The fourth-order valence-corrected chi connectivity index (χ4v) is 5.27. The molecule has 0 radical (unpaired) electrons. The molecule has 0 N–H and O–H groups in total. The molecule has 2 unspecified atom stereocenters. The molecule has 4 rings (SSSR count). The number of carbonyl (C=O) groups is 1. The van der Waals surface area contributed by atoms with Gasteiger partial charge < -0.3 is 0 Å². The Hall–Kier alpha value is 0.0700. The number of fused-ring (bicyclic) bond motifs is 1. The number of hydrogen-bond acceptors (Lipinski definition) is 3. The minimum Gasteiger partial charge on any atom is -0.299 e. The average Bonchev–Trinajstić information content (AvgIpc) is 2.40. The Morgan fingerprint density at radius 1 is 1.18 bits per heavy atom. The van der Waals surface area contributed by atoms with Crippen molar-refractivity contribution in [3.63, 3.8) is 0 Å². The average molecular weight is 301 g/mol. The van der Waals surface area contributed by atoms with Gasteiger partial charge in [0.1, 0.15) is 4.32 Å². The summed E-state index contributed by atoms with van der Waals surface area (Å²) in [5, 5.41) is 0. The number of piperidine rings is 2. The first kappa shape index (κ1) is 12.1. The lowest BCUT2D eigenvalue weighted by Gasteiger charge is -2.52. The molecule has 4 bridgehead atoms. The second-order valence-corrected chi connectivity index (χ2v) is 8.11. The maximum atomic E-state index is 12.8. The van der Waals surface area contributed by atoms with Gasteiger partial charge in [0.2, 0.25) is 0 Å². The van der Waals surface area contributed by atoms with Gasteiger partial charge in [0.05, 0.1) is 5.41 Å². The topological polar surface area (TPSA) is 23.6 Å². The first-order valence-electron chi connectivity index (χ1n) is 6.62. The molecular formula is C13H21BrN2O. The van der Waals surface area contributed by atoms with E-state index >= 15 is 0 Å². The Kier molecular flexibility index (Phi) is 2.70. The van der Waals surface area contributed by atoms with Crippen molar-refractivity contribution in [2.24, 2.45) is 11.3 Å². The van der Waals surface area contributed by atoms with E-state index in [0.29, 0.717) is 11.7 Å². The predicted molar refractivity (Wildman–Crippen MR) is 71.4 cm³/mol. The number of hydrogen-bond donors (Lipinski definition) is 0. The molecule has 96 valence electrons. The molecule has 0 amide bonds. The normalized spacial score (nSPS) is 48.8. The van der Waals surface area contributed by atoms with Crippen LogP contribution < -0.4 is 0 Å². The first-order valence-corrected chi connectivity index (χ1v) is 7.41. The van der Waals surface area contributed by atoms with Gasteiger partial charge in [-0.05, 0) is 12.3 Å². The molecule has 0 aromatic carbocycles. The highest BCUT2D eigenvalue weighted by Crippen LogP contribution is 2.46. The Balaban J connectivity index is 2.00. The van der Waals surface area contributed by atoms with Crippen LogP contribution in [0, 0.1) is 11.3 Å². The van der Waals surface area contributed by atoms with Crippen molar-refractivity contribution in [1.29, 1.82) is 0 Å². The summed E-state index contributed by atoms with van der Waals surface area (Å²) in [6, 6.07) is 0. The molecule has 17 heavy (non-hydrogen) atoms. The monoisotopic (exact) mass is 300 g/mol. The van der Waals surface area contributed by atoms with Gasteiger partial charge in [0.15, 0.2) is 5.78 Å². The van der Waals surface area contributed by atoms with E-state index < -0.39 is 0 Å². The van der Waals surface area contributed by atoms with Gasteiger partial charge in [-0.3, -0.25) is 14.6 Å². The van der Waals surface area contributed by atoms with E-state index in [1.807, 2.05) is 0 Å². The highest BCUT2D eigenvalue weighted by atomic mass is 79.9. The SMILES string of the molecule is CC(C)CC12CN3CCN(CC(Br)(C3)C1=O)C2. The van der Waals surface area contributed by atoms with Gasteiger partial charge in [-0.25, -0.2) is 0 Å². The van der Waals surface area contributed by atoms with Crippen molar-refractivity contribution in [1.82, 2.24) is 9.80 Å². The fraction of sp³-hybridized carbons (Fsp3) is 0.923. The van der Waals surface area contributed by atoms with Crippen LogP contribution in [0.25, 0.3) is 0 Å². The van der Waals surface area contributed by atoms with Crippen LogP contribution in [0.5, 0.6) is 0 Å². The minimum atomic E-state index is -0.283. The molecule has 4 aliphatic rings. The van der Waals surface area contributed by atoms with E-state index in [0.717, 1.165) is 45.7 Å². The van der Waals surface area contributed by atoms with E-state index in [-0.39, 0.29) is 9.74 Å². The lowest BCUT2D eigenvalue weighted by atomic mass is 9.67. The molecule has 4 heterocycles. The zero-order valence-electron chi connectivity index (χ0n) is 10.7. The third-order valence-corrected chi connectivity index (χ3v) is 5.28. The third kappa shape index (κ3) is 1.80. The Morgan fingerprint density at radius 3 is 2.18 bits per heavy atom. The number of Topliss-reactive ketones (excluding diaryl/α,β-unsaturated/α-hetero) is 1. The largest absolute Gasteiger partial charge is 0.299 e. The quantitative estimate of drug-likeness (QED) is 0.720. The molecule has 0 aliphatic carbocycles. The lowest BCUT2D eigenvalue weighted by Crippen LogP contribution is -2.68. The molecule has 0 spiro atoms. The molecule has 0 aromatic rings. The van der Waals surface area contributed by atoms with Crippen molar-refractivity contribution in [2.45, 2.75) is 24.6 Å². The number of nitrogens with zero attached hydrogens (tertiary/aromatic N) is 2. The van der Waals surface area contributed by atoms with E-state index in [9.17, 15) is 4.79 Å². The van der Waals surface area contributed by atoms with E-state index in [1.54, 1.807) is 0 Å². The summed E-state index contributed by atoms with van der Waals surface area (Å²) >= 11 is 3.76. The fourth-order valence-electron chi connectivity index (χ4n) is 4.14. The van der Waals surface area contributed by atoms with Crippen molar-refractivity contribution in [2.75, 3.05) is 39.3 Å². The summed E-state index contributed by atoms with van der Waals surface area (Å²) in [6.07, 6.45) is 1.03. The number of rotatable bonds is 2. The van der Waals surface area contributed by atoms with Crippen LogP contribution in [0.15, 0.2) is 0 Å². The van der Waals surface area contributed by atoms with Gasteiger partial charge in [-0.2, -0.15) is 0 Å². The van der Waals surface area contributed by atoms with Gasteiger partial charge in [-0.1, -0.05) is 29.8 Å². The smallest absolute Gasteiger partial charge is 0.160 e. The summed E-state index contributed by atoms with van der Waals surface area (Å²) in [5.41, 5.74) is -0.106. The third-order valence-electron chi connectivity index (χ3n) is 4.42. The zero-order chi connectivity index (χ0) is 12.3. The summed E-state index contributed by atoms with van der Waals surface area (Å²) in [5.74, 6) is 1.07. The van der Waals surface area contributed by atoms with Crippen molar-refractivity contribution in [3.8, 4) is 0 Å². The molecule has 4 saturated heterocycles. The molecule has 4 aliphatic heterocycles. The second kappa shape index (κ2) is 3.78. The molecule has 0 saturated carbocycles. The summed E-state index contributed by atoms with van der Waals surface area (Å²) in [7, 11) is 0. The van der Waals surface area contributed by atoms with Crippen molar-refractivity contribution >= 4 is 21.7 Å². The first-order chi connectivity index (χ1) is 7.93. The van der Waals surface area contributed by atoms with Crippen LogP contribution in [0.3, 0.4) is 0 Å². The van der Waals surface area contributed by atoms with Crippen molar-refractivity contribution < 1.29 is 4.79 Å². The maximum absolute atomic E-state index is 12.8. The Bertz CT molecular complexity index is 339. The van der Waals surface area contributed by atoms with Crippen LogP contribution in [0.2, 0.25) is 0 Å². The minimum absolute atomic E-state index is 0.106.